The highest BCUT2D eigenvalue weighted by molar-refractivity contribution is 7.80. The number of hydrogen-bond donors (Lipinski definition) is 3. The molecule has 40 valence electrons. The predicted molar refractivity (Wildman–Crippen MR) is 31.7 cm³/mol. The van der Waals surface area contributed by atoms with Crippen LogP contribution in [0.15, 0.2) is 0 Å². The minimum absolute atomic E-state index is 0.118. The lowest BCUT2D eigenvalue weighted by atomic mass is 10.7. The molecule has 0 aromatic rings. The van der Waals surface area contributed by atoms with Crippen LogP contribution in [0.25, 0.3) is 0 Å². The summed E-state index contributed by atoms with van der Waals surface area (Å²) in [7, 11) is 0. The molecule has 3 nitrogen and oxygen atoms in total. The normalized spacial score (nSPS) is 30.4. The summed E-state index contributed by atoms with van der Waals surface area (Å²) in [5.41, 5.74) is 5.32. The number of nitrogens with one attached hydrogen (secondary N) is 2. The Kier molecular flexibility index (Phi) is 1.23. The van der Waals surface area contributed by atoms with Gasteiger partial charge in [-0.2, -0.15) is 0 Å². The lowest BCUT2D eigenvalue weighted by Gasteiger charge is -1.98. The zero-order chi connectivity index (χ0) is 5.28. The van der Waals surface area contributed by atoms with Crippen molar-refractivity contribution in [1.82, 2.24) is 10.6 Å². The Morgan fingerprint density at radius 2 is 2.57 bits per heavy atom. The second kappa shape index (κ2) is 1.73. The molecular weight excluding hydrogens is 110 g/mol. The first-order chi connectivity index (χ1) is 3.29. The average Bonchev–Trinajstić information content (AvgIpc) is 1.87. The Bertz CT molecular complexity index is 92.2. The van der Waals surface area contributed by atoms with Gasteiger partial charge in [-0.05, 0) is 0 Å². The van der Waals surface area contributed by atoms with E-state index < -0.39 is 0 Å². The monoisotopic (exact) mass is 117 g/mol. The second-order valence-corrected chi connectivity index (χ2v) is 1.92. The summed E-state index contributed by atoms with van der Waals surface area (Å²) in [6.45, 7) is 0.719. The SMILES string of the molecule is NC1NCC(=S)N1. The van der Waals surface area contributed by atoms with Gasteiger partial charge in [0.15, 0.2) is 0 Å². The first-order valence-electron chi connectivity index (χ1n) is 2.07. The van der Waals surface area contributed by atoms with Gasteiger partial charge in [0.1, 0.15) is 6.29 Å². The van der Waals surface area contributed by atoms with Crippen LogP contribution in [0.5, 0.6) is 0 Å². The van der Waals surface area contributed by atoms with E-state index in [1.54, 1.807) is 0 Å². The summed E-state index contributed by atoms with van der Waals surface area (Å²) in [6.07, 6.45) is -0.118. The maximum atomic E-state index is 5.32. The average molecular weight is 117 g/mol. The highest BCUT2D eigenvalue weighted by Crippen LogP contribution is 1.79. The van der Waals surface area contributed by atoms with Crippen molar-refractivity contribution >= 4 is 17.2 Å². The van der Waals surface area contributed by atoms with E-state index in [0.717, 1.165) is 11.5 Å². The number of nitrogens with two attached hydrogens (primary N) is 1. The molecule has 1 fully saturated rings. The van der Waals surface area contributed by atoms with Crippen molar-refractivity contribution in [1.29, 1.82) is 0 Å². The van der Waals surface area contributed by atoms with Gasteiger partial charge in [-0.25, -0.2) is 0 Å². The largest absolute Gasteiger partial charge is 0.351 e. The molecule has 4 heteroatoms. The van der Waals surface area contributed by atoms with Gasteiger partial charge in [-0.15, -0.1) is 0 Å². The van der Waals surface area contributed by atoms with E-state index in [2.05, 4.69) is 10.6 Å². The lowest BCUT2D eigenvalue weighted by molar-refractivity contribution is 0.592. The zero-order valence-electron chi connectivity index (χ0n) is 3.77. The van der Waals surface area contributed by atoms with Crippen LogP contribution in [0.1, 0.15) is 0 Å². The fraction of sp³-hybridized carbons (Fsp3) is 0.667. The summed E-state index contributed by atoms with van der Waals surface area (Å²) in [5, 5.41) is 5.71. The molecule has 1 atom stereocenters. The Morgan fingerprint density at radius 1 is 1.86 bits per heavy atom. The minimum Gasteiger partial charge on any atom is -0.351 e. The standard InChI is InChI=1S/C3H7N3S/c4-3-5-1-2(7)6-3/h3,5H,1,4H2,(H,6,7). The molecule has 1 aliphatic rings. The van der Waals surface area contributed by atoms with Gasteiger partial charge in [0.05, 0.1) is 4.99 Å². The topological polar surface area (TPSA) is 50.1 Å². The minimum atomic E-state index is -0.118. The number of rotatable bonds is 0. The molecule has 7 heavy (non-hydrogen) atoms. The van der Waals surface area contributed by atoms with Crippen molar-refractivity contribution in [3.63, 3.8) is 0 Å². The fourth-order valence-corrected chi connectivity index (χ4v) is 0.688. The van der Waals surface area contributed by atoms with E-state index in [-0.39, 0.29) is 6.29 Å². The molecular formula is C3H7N3S. The van der Waals surface area contributed by atoms with E-state index in [9.17, 15) is 0 Å². The van der Waals surface area contributed by atoms with Gasteiger partial charge >= 0.3 is 0 Å². The van der Waals surface area contributed by atoms with Gasteiger partial charge in [0.2, 0.25) is 0 Å². The van der Waals surface area contributed by atoms with Crippen LogP contribution in [-0.2, 0) is 0 Å². The third kappa shape index (κ3) is 1.09. The van der Waals surface area contributed by atoms with Crippen LogP contribution in [0.3, 0.4) is 0 Å². The highest BCUT2D eigenvalue weighted by atomic mass is 32.1. The smallest absolute Gasteiger partial charge is 0.130 e. The van der Waals surface area contributed by atoms with Gasteiger partial charge < -0.3 is 5.32 Å². The van der Waals surface area contributed by atoms with Crippen LogP contribution in [0.2, 0.25) is 0 Å². The molecule has 1 unspecified atom stereocenters. The third-order valence-corrected chi connectivity index (χ3v) is 1.06. The molecule has 0 aliphatic carbocycles. The van der Waals surface area contributed by atoms with Crippen LogP contribution in [0, 0.1) is 0 Å². The zero-order valence-corrected chi connectivity index (χ0v) is 4.59. The third-order valence-electron chi connectivity index (χ3n) is 0.799. The van der Waals surface area contributed by atoms with Crippen molar-refractivity contribution in [2.75, 3.05) is 6.54 Å². The van der Waals surface area contributed by atoms with Gasteiger partial charge in [-0.3, -0.25) is 11.1 Å². The van der Waals surface area contributed by atoms with Gasteiger partial charge in [-0.1, -0.05) is 12.2 Å². The van der Waals surface area contributed by atoms with Crippen LogP contribution >= 0.6 is 12.2 Å². The van der Waals surface area contributed by atoms with Crippen molar-refractivity contribution in [2.45, 2.75) is 6.29 Å². The predicted octanol–water partition coefficient (Wildman–Crippen LogP) is -1.25. The van der Waals surface area contributed by atoms with Crippen LogP contribution < -0.4 is 16.4 Å². The molecule has 1 aliphatic heterocycles. The Morgan fingerprint density at radius 3 is 2.71 bits per heavy atom. The molecule has 0 amide bonds. The molecule has 0 radical (unpaired) electrons. The van der Waals surface area contributed by atoms with Crippen LogP contribution in [-0.4, -0.2) is 17.8 Å². The molecule has 1 heterocycles. The van der Waals surface area contributed by atoms with Crippen molar-refractivity contribution in [2.24, 2.45) is 5.73 Å². The fourth-order valence-electron chi connectivity index (χ4n) is 0.478. The van der Waals surface area contributed by atoms with Crippen molar-refractivity contribution in [3.05, 3.63) is 0 Å². The first-order valence-corrected chi connectivity index (χ1v) is 2.48. The van der Waals surface area contributed by atoms with Gasteiger partial charge in [0, 0.05) is 6.54 Å². The van der Waals surface area contributed by atoms with E-state index in [1.807, 2.05) is 0 Å². The maximum Gasteiger partial charge on any atom is 0.130 e. The van der Waals surface area contributed by atoms with Gasteiger partial charge in [0.25, 0.3) is 0 Å². The molecule has 1 saturated heterocycles. The molecule has 1 rings (SSSR count). The lowest BCUT2D eigenvalue weighted by Crippen LogP contribution is -2.40. The van der Waals surface area contributed by atoms with Crippen molar-refractivity contribution < 1.29 is 0 Å². The molecule has 0 spiro atoms. The summed E-state index contributed by atoms with van der Waals surface area (Å²) in [5.74, 6) is 0. The molecule has 0 aromatic heterocycles. The highest BCUT2D eigenvalue weighted by Gasteiger charge is 2.10. The molecule has 0 aromatic carbocycles. The second-order valence-electron chi connectivity index (χ2n) is 1.43. The van der Waals surface area contributed by atoms with E-state index in [0.29, 0.717) is 0 Å². The number of thiocarbonyl (C=S) groups is 1. The van der Waals surface area contributed by atoms with E-state index >= 15 is 0 Å². The quantitative estimate of drug-likeness (QED) is 0.347. The Balaban J connectivity index is 2.40. The van der Waals surface area contributed by atoms with E-state index in [1.165, 1.54) is 0 Å². The molecule has 0 bridgehead atoms. The van der Waals surface area contributed by atoms with Crippen LogP contribution in [0.4, 0.5) is 0 Å². The number of hydrogen-bond acceptors (Lipinski definition) is 3. The maximum absolute atomic E-state index is 5.32. The summed E-state index contributed by atoms with van der Waals surface area (Å²) < 4.78 is 0. The van der Waals surface area contributed by atoms with Crippen molar-refractivity contribution in [3.8, 4) is 0 Å². The molecule has 0 saturated carbocycles. The molecule has 4 N–H and O–H groups in total. The Labute approximate surface area is 47.3 Å². The van der Waals surface area contributed by atoms with E-state index in [4.69, 9.17) is 18.0 Å². The summed E-state index contributed by atoms with van der Waals surface area (Å²) in [6, 6.07) is 0. The first kappa shape index (κ1) is 4.96. The summed E-state index contributed by atoms with van der Waals surface area (Å²) >= 11 is 4.74. The summed E-state index contributed by atoms with van der Waals surface area (Å²) in [4.78, 5) is 0.799. The Hall–Kier alpha value is -0.190.